The zero-order chi connectivity index (χ0) is 27.6. The standard InChI is InChI=1S/C32H33N5O3/c38-31(26-13-6-2-7-14-26)34-29(32(39)33-17-10-18-36-19-21-40-22-20-36)23-27-24-37(28-15-8-3-9-16-28)35-30(27)25-11-4-1-5-12-25/h1-9,11-16,23-24H,10,17-22H2,(H,33,39)(H,34,38). The van der Waals surface area contributed by atoms with E-state index in [0.717, 1.165) is 50.5 Å². The molecule has 204 valence electrons. The molecule has 2 heterocycles. The Morgan fingerprint density at radius 1 is 0.875 bits per heavy atom. The van der Waals surface area contributed by atoms with Gasteiger partial charge in [0.05, 0.1) is 18.9 Å². The van der Waals surface area contributed by atoms with Crippen LogP contribution in [-0.4, -0.2) is 65.9 Å². The van der Waals surface area contributed by atoms with Crippen molar-refractivity contribution in [3.8, 4) is 16.9 Å². The van der Waals surface area contributed by atoms with Gasteiger partial charge in [-0.25, -0.2) is 4.68 Å². The zero-order valence-corrected chi connectivity index (χ0v) is 22.3. The maximum absolute atomic E-state index is 13.4. The number of morpholine rings is 1. The van der Waals surface area contributed by atoms with E-state index in [1.807, 2.05) is 72.9 Å². The van der Waals surface area contributed by atoms with Crippen molar-refractivity contribution in [2.75, 3.05) is 39.4 Å². The van der Waals surface area contributed by atoms with Crippen LogP contribution < -0.4 is 10.6 Å². The predicted octanol–water partition coefficient (Wildman–Crippen LogP) is 4.15. The quantitative estimate of drug-likeness (QED) is 0.235. The molecule has 8 heteroatoms. The van der Waals surface area contributed by atoms with Gasteiger partial charge in [-0.1, -0.05) is 66.7 Å². The summed E-state index contributed by atoms with van der Waals surface area (Å²) in [6, 6.07) is 28.4. The smallest absolute Gasteiger partial charge is 0.267 e. The molecule has 4 aromatic rings. The minimum atomic E-state index is -0.355. The summed E-state index contributed by atoms with van der Waals surface area (Å²) in [5.41, 5.74) is 3.84. The number of hydrogen-bond acceptors (Lipinski definition) is 5. The van der Waals surface area contributed by atoms with Crippen LogP contribution in [0.4, 0.5) is 0 Å². The second kappa shape index (κ2) is 13.5. The SMILES string of the molecule is O=C(NCCCN1CCOCC1)C(=Cc1cn(-c2ccccc2)nc1-c1ccccc1)NC(=O)c1ccccc1. The molecule has 8 nitrogen and oxygen atoms in total. The minimum Gasteiger partial charge on any atom is -0.379 e. The summed E-state index contributed by atoms with van der Waals surface area (Å²) < 4.78 is 7.19. The van der Waals surface area contributed by atoms with Crippen molar-refractivity contribution in [2.45, 2.75) is 6.42 Å². The van der Waals surface area contributed by atoms with Crippen molar-refractivity contribution in [3.63, 3.8) is 0 Å². The van der Waals surface area contributed by atoms with Gasteiger partial charge in [0.2, 0.25) is 0 Å². The van der Waals surface area contributed by atoms with E-state index in [1.54, 1.807) is 35.0 Å². The highest BCUT2D eigenvalue weighted by Gasteiger charge is 2.18. The lowest BCUT2D eigenvalue weighted by Crippen LogP contribution is -2.39. The van der Waals surface area contributed by atoms with Gasteiger partial charge >= 0.3 is 0 Å². The van der Waals surface area contributed by atoms with Crippen LogP contribution in [0.5, 0.6) is 0 Å². The van der Waals surface area contributed by atoms with E-state index in [0.29, 0.717) is 23.4 Å². The summed E-state index contributed by atoms with van der Waals surface area (Å²) in [4.78, 5) is 28.9. The molecule has 0 unspecified atom stereocenters. The topological polar surface area (TPSA) is 88.5 Å². The summed E-state index contributed by atoms with van der Waals surface area (Å²) in [5, 5.41) is 10.7. The van der Waals surface area contributed by atoms with Gasteiger partial charge in [0, 0.05) is 42.5 Å². The average Bonchev–Trinajstić information content (AvgIpc) is 3.44. The highest BCUT2D eigenvalue weighted by atomic mass is 16.5. The van der Waals surface area contributed by atoms with E-state index < -0.39 is 0 Å². The Kier molecular flexibility index (Phi) is 9.13. The van der Waals surface area contributed by atoms with Crippen molar-refractivity contribution in [3.05, 3.63) is 114 Å². The van der Waals surface area contributed by atoms with Gasteiger partial charge in [0.1, 0.15) is 11.4 Å². The third-order valence-electron chi connectivity index (χ3n) is 6.68. The van der Waals surface area contributed by atoms with E-state index in [-0.39, 0.29) is 17.5 Å². The molecule has 0 bridgehead atoms. The van der Waals surface area contributed by atoms with Crippen LogP contribution in [0.1, 0.15) is 22.3 Å². The lowest BCUT2D eigenvalue weighted by Gasteiger charge is -2.26. The number of nitrogens with zero attached hydrogens (tertiary/aromatic N) is 3. The normalized spacial score (nSPS) is 14.1. The van der Waals surface area contributed by atoms with Crippen molar-refractivity contribution in [1.29, 1.82) is 0 Å². The summed E-state index contributed by atoms with van der Waals surface area (Å²) in [6.45, 7) is 4.65. The van der Waals surface area contributed by atoms with Gasteiger partial charge in [0.15, 0.2) is 0 Å². The van der Waals surface area contributed by atoms with Gasteiger partial charge in [-0.2, -0.15) is 5.10 Å². The number of hydrogen-bond donors (Lipinski definition) is 2. The van der Waals surface area contributed by atoms with E-state index >= 15 is 0 Å². The number of aromatic nitrogens is 2. The van der Waals surface area contributed by atoms with Crippen molar-refractivity contribution in [2.24, 2.45) is 0 Å². The lowest BCUT2D eigenvalue weighted by molar-refractivity contribution is -0.117. The van der Waals surface area contributed by atoms with Crippen LogP contribution in [0.25, 0.3) is 23.0 Å². The molecule has 1 saturated heterocycles. The molecule has 3 aromatic carbocycles. The van der Waals surface area contributed by atoms with Crippen LogP contribution in [0.3, 0.4) is 0 Å². The largest absolute Gasteiger partial charge is 0.379 e. The molecule has 40 heavy (non-hydrogen) atoms. The summed E-state index contributed by atoms with van der Waals surface area (Å²) in [6.07, 6.45) is 4.37. The van der Waals surface area contributed by atoms with E-state index in [2.05, 4.69) is 15.5 Å². The minimum absolute atomic E-state index is 0.157. The van der Waals surface area contributed by atoms with E-state index in [4.69, 9.17) is 9.84 Å². The van der Waals surface area contributed by atoms with Gasteiger partial charge in [-0.05, 0) is 43.3 Å². The molecular weight excluding hydrogens is 502 g/mol. The number of para-hydroxylation sites is 1. The number of carbonyl (C=O) groups excluding carboxylic acids is 2. The maximum atomic E-state index is 13.4. The predicted molar refractivity (Wildman–Crippen MR) is 156 cm³/mol. The molecule has 1 fully saturated rings. The first-order chi connectivity index (χ1) is 19.7. The Morgan fingerprint density at radius 2 is 1.52 bits per heavy atom. The van der Waals surface area contributed by atoms with E-state index in [9.17, 15) is 9.59 Å². The Labute approximate surface area is 234 Å². The molecular formula is C32H33N5O3. The number of amides is 2. The summed E-state index contributed by atoms with van der Waals surface area (Å²) in [5.74, 6) is -0.704. The fraction of sp³-hybridized carbons (Fsp3) is 0.219. The van der Waals surface area contributed by atoms with Gasteiger partial charge in [-0.3, -0.25) is 14.5 Å². The Hall–Kier alpha value is -4.53. The molecule has 1 aromatic heterocycles. The Balaban J connectivity index is 1.42. The van der Waals surface area contributed by atoms with Crippen LogP contribution in [0, 0.1) is 0 Å². The molecule has 1 aliphatic rings. The lowest BCUT2D eigenvalue weighted by atomic mass is 10.1. The molecule has 5 rings (SSSR count). The van der Waals surface area contributed by atoms with Crippen molar-refractivity contribution < 1.29 is 14.3 Å². The van der Waals surface area contributed by atoms with Gasteiger partial charge in [-0.15, -0.1) is 0 Å². The molecule has 0 spiro atoms. The fourth-order valence-corrected chi connectivity index (χ4v) is 4.55. The number of ether oxygens (including phenoxy) is 1. The Morgan fingerprint density at radius 3 is 2.23 bits per heavy atom. The highest BCUT2D eigenvalue weighted by molar-refractivity contribution is 6.05. The molecule has 0 radical (unpaired) electrons. The molecule has 2 amide bonds. The third kappa shape index (κ3) is 7.11. The van der Waals surface area contributed by atoms with Crippen LogP contribution in [-0.2, 0) is 9.53 Å². The fourth-order valence-electron chi connectivity index (χ4n) is 4.55. The number of benzene rings is 3. The van der Waals surface area contributed by atoms with Crippen LogP contribution in [0.15, 0.2) is 103 Å². The maximum Gasteiger partial charge on any atom is 0.267 e. The first-order valence-corrected chi connectivity index (χ1v) is 13.5. The first kappa shape index (κ1) is 27.1. The molecule has 0 aliphatic carbocycles. The first-order valence-electron chi connectivity index (χ1n) is 13.5. The van der Waals surface area contributed by atoms with E-state index in [1.165, 1.54) is 0 Å². The molecule has 0 atom stereocenters. The van der Waals surface area contributed by atoms with Gasteiger partial charge in [0.25, 0.3) is 11.8 Å². The van der Waals surface area contributed by atoms with Crippen molar-refractivity contribution in [1.82, 2.24) is 25.3 Å². The summed E-state index contributed by atoms with van der Waals surface area (Å²) >= 11 is 0. The third-order valence-corrected chi connectivity index (χ3v) is 6.68. The second-order valence-electron chi connectivity index (χ2n) is 9.52. The Bertz CT molecular complexity index is 1430. The number of rotatable bonds is 10. The van der Waals surface area contributed by atoms with Gasteiger partial charge < -0.3 is 15.4 Å². The molecule has 2 N–H and O–H groups in total. The molecule has 1 aliphatic heterocycles. The monoisotopic (exact) mass is 535 g/mol. The number of carbonyl (C=O) groups is 2. The zero-order valence-electron chi connectivity index (χ0n) is 22.3. The average molecular weight is 536 g/mol. The van der Waals surface area contributed by atoms with Crippen LogP contribution >= 0.6 is 0 Å². The highest BCUT2D eigenvalue weighted by Crippen LogP contribution is 2.25. The molecule has 0 saturated carbocycles. The summed E-state index contributed by atoms with van der Waals surface area (Å²) in [7, 11) is 0. The number of nitrogens with one attached hydrogen (secondary N) is 2. The second-order valence-corrected chi connectivity index (χ2v) is 9.52. The van der Waals surface area contributed by atoms with Crippen molar-refractivity contribution >= 4 is 17.9 Å². The van der Waals surface area contributed by atoms with Crippen LogP contribution in [0.2, 0.25) is 0 Å².